The molecule has 0 atom stereocenters. The molecule has 0 aliphatic rings. The number of carbonyl (C=O) groups excluding carboxylic acids is 1. The van der Waals surface area contributed by atoms with Gasteiger partial charge in [-0.05, 0) is 36.8 Å². The minimum Gasteiger partial charge on any atom is -0.490 e. The summed E-state index contributed by atoms with van der Waals surface area (Å²) in [5.74, 6) is 0.110. The number of nitrogens with zero attached hydrogens (tertiary/aromatic N) is 1. The van der Waals surface area contributed by atoms with Crippen LogP contribution in [0.2, 0.25) is 0 Å². The third-order valence-electron chi connectivity index (χ3n) is 3.54. The fourth-order valence-electron chi connectivity index (χ4n) is 2.08. The van der Waals surface area contributed by atoms with E-state index in [1.807, 2.05) is 30.3 Å². The number of sulfonamides is 1. The quantitative estimate of drug-likeness (QED) is 0.558. The molecule has 2 rings (SSSR count). The second-order valence-corrected chi connectivity index (χ2v) is 7.71. The van der Waals surface area contributed by atoms with Crippen LogP contribution < -0.4 is 4.74 Å². The van der Waals surface area contributed by atoms with Crippen LogP contribution in [-0.4, -0.2) is 46.0 Å². The van der Waals surface area contributed by atoms with Gasteiger partial charge in [-0.15, -0.1) is 0 Å². The van der Waals surface area contributed by atoms with Crippen LogP contribution in [0.3, 0.4) is 0 Å². The van der Waals surface area contributed by atoms with E-state index in [0.29, 0.717) is 11.3 Å². The molecule has 0 bridgehead atoms. The van der Waals surface area contributed by atoms with Gasteiger partial charge in [0.2, 0.25) is 10.0 Å². The van der Waals surface area contributed by atoms with Crippen LogP contribution in [0.4, 0.5) is 0 Å². The molecular weight excluding hydrogens is 342 g/mol. The molecule has 2 aromatic rings. The van der Waals surface area contributed by atoms with E-state index in [-0.39, 0.29) is 23.7 Å². The second-order valence-electron chi connectivity index (χ2n) is 5.56. The van der Waals surface area contributed by atoms with Gasteiger partial charge in [0, 0.05) is 14.1 Å². The van der Waals surface area contributed by atoms with E-state index in [9.17, 15) is 13.2 Å². The molecule has 0 fully saturated rings. The molecule has 25 heavy (non-hydrogen) atoms. The van der Waals surface area contributed by atoms with Gasteiger partial charge in [-0.1, -0.05) is 24.3 Å². The molecule has 2 aromatic carbocycles. The van der Waals surface area contributed by atoms with E-state index in [4.69, 9.17) is 9.47 Å². The molecular formula is C18H21NO5S. The van der Waals surface area contributed by atoms with Crippen molar-refractivity contribution in [2.24, 2.45) is 0 Å². The maximum atomic E-state index is 12.2. The molecule has 0 radical (unpaired) electrons. The topological polar surface area (TPSA) is 72.9 Å². The number of hydrogen-bond acceptors (Lipinski definition) is 5. The van der Waals surface area contributed by atoms with Crippen LogP contribution in [0.1, 0.15) is 15.9 Å². The van der Waals surface area contributed by atoms with E-state index in [0.717, 1.165) is 4.31 Å². The van der Waals surface area contributed by atoms with Crippen LogP contribution in [0.15, 0.2) is 53.4 Å². The normalized spacial score (nSPS) is 11.4. The van der Waals surface area contributed by atoms with Crippen molar-refractivity contribution in [2.75, 3.05) is 27.3 Å². The first kappa shape index (κ1) is 19.0. The zero-order valence-electron chi connectivity index (χ0n) is 14.4. The molecule has 0 amide bonds. The maximum Gasteiger partial charge on any atom is 0.338 e. The Hall–Kier alpha value is -2.38. The van der Waals surface area contributed by atoms with Crippen LogP contribution in [0, 0.1) is 6.92 Å². The molecule has 0 unspecified atom stereocenters. The Bertz CT molecular complexity index is 832. The summed E-state index contributed by atoms with van der Waals surface area (Å²) in [5.41, 5.74) is 0.870. The number of aryl methyl sites for hydroxylation is 1. The number of para-hydroxylation sites is 1. The summed E-state index contributed by atoms with van der Waals surface area (Å²) < 4.78 is 36.1. The van der Waals surface area contributed by atoms with Crippen LogP contribution in [0.25, 0.3) is 0 Å². The van der Waals surface area contributed by atoms with Gasteiger partial charge in [0.15, 0.2) is 0 Å². The highest BCUT2D eigenvalue weighted by molar-refractivity contribution is 7.89. The Morgan fingerprint density at radius 2 is 1.72 bits per heavy atom. The summed E-state index contributed by atoms with van der Waals surface area (Å²) in [6, 6.07) is 13.6. The standard InChI is InChI=1S/C18H21NO5S/c1-14-9-10-16(25(21,22)19(2)3)13-17(14)18(20)24-12-11-23-15-7-5-4-6-8-15/h4-10,13H,11-12H2,1-3H3. The number of esters is 1. The lowest BCUT2D eigenvalue weighted by molar-refractivity contribution is 0.0449. The molecule has 0 aliphatic heterocycles. The maximum absolute atomic E-state index is 12.2. The molecule has 0 aliphatic carbocycles. The lowest BCUT2D eigenvalue weighted by atomic mass is 10.1. The van der Waals surface area contributed by atoms with Crippen LogP contribution in [0.5, 0.6) is 5.75 Å². The predicted molar refractivity (Wildman–Crippen MR) is 94.3 cm³/mol. The third-order valence-corrected chi connectivity index (χ3v) is 5.35. The van der Waals surface area contributed by atoms with Crippen molar-refractivity contribution >= 4 is 16.0 Å². The second kappa shape index (κ2) is 8.13. The third kappa shape index (κ3) is 4.80. The van der Waals surface area contributed by atoms with Gasteiger partial charge in [-0.2, -0.15) is 0 Å². The number of carbonyl (C=O) groups is 1. The minimum absolute atomic E-state index is 0.0515. The predicted octanol–water partition coefficient (Wildman–Crippen LogP) is 2.48. The Balaban J connectivity index is 2.01. The monoisotopic (exact) mass is 363 g/mol. The first-order valence-corrected chi connectivity index (χ1v) is 9.14. The van der Waals surface area contributed by atoms with E-state index in [1.54, 1.807) is 13.0 Å². The molecule has 0 aromatic heterocycles. The van der Waals surface area contributed by atoms with E-state index in [2.05, 4.69) is 0 Å². The van der Waals surface area contributed by atoms with Gasteiger partial charge in [0.05, 0.1) is 10.5 Å². The van der Waals surface area contributed by atoms with Crippen molar-refractivity contribution in [3.8, 4) is 5.75 Å². The van der Waals surface area contributed by atoms with E-state index in [1.165, 1.54) is 26.2 Å². The minimum atomic E-state index is -3.61. The SMILES string of the molecule is Cc1ccc(S(=O)(=O)N(C)C)cc1C(=O)OCCOc1ccccc1. The van der Waals surface area contributed by atoms with Gasteiger partial charge >= 0.3 is 5.97 Å². The fourth-order valence-corrected chi connectivity index (χ4v) is 3.01. The summed E-state index contributed by atoms with van der Waals surface area (Å²) in [5, 5.41) is 0. The molecule has 0 spiro atoms. The Kier molecular flexibility index (Phi) is 6.17. The number of hydrogen-bond donors (Lipinski definition) is 0. The zero-order chi connectivity index (χ0) is 18.4. The van der Waals surface area contributed by atoms with Crippen molar-refractivity contribution in [3.63, 3.8) is 0 Å². The summed E-state index contributed by atoms with van der Waals surface area (Å²) >= 11 is 0. The Labute approximate surface area is 148 Å². The van der Waals surface area contributed by atoms with Crippen molar-refractivity contribution in [2.45, 2.75) is 11.8 Å². The highest BCUT2D eigenvalue weighted by atomic mass is 32.2. The largest absolute Gasteiger partial charge is 0.490 e. The first-order chi connectivity index (χ1) is 11.8. The molecule has 7 heteroatoms. The summed E-state index contributed by atoms with van der Waals surface area (Å²) in [7, 11) is -0.733. The van der Waals surface area contributed by atoms with Crippen molar-refractivity contribution in [1.82, 2.24) is 4.31 Å². The molecule has 0 saturated carbocycles. The van der Waals surface area contributed by atoms with Crippen LogP contribution >= 0.6 is 0 Å². The fraction of sp³-hybridized carbons (Fsp3) is 0.278. The highest BCUT2D eigenvalue weighted by Crippen LogP contribution is 2.19. The summed E-state index contributed by atoms with van der Waals surface area (Å²) in [6.07, 6.45) is 0. The van der Waals surface area contributed by atoms with E-state index >= 15 is 0 Å². The van der Waals surface area contributed by atoms with Gasteiger partial charge in [0.1, 0.15) is 19.0 Å². The molecule has 0 saturated heterocycles. The molecule has 0 heterocycles. The van der Waals surface area contributed by atoms with Crippen molar-refractivity contribution in [1.29, 1.82) is 0 Å². The highest BCUT2D eigenvalue weighted by Gasteiger charge is 2.20. The lowest BCUT2D eigenvalue weighted by Crippen LogP contribution is -2.23. The number of rotatable bonds is 7. The summed E-state index contributed by atoms with van der Waals surface area (Å²) in [6.45, 7) is 2.01. The molecule has 134 valence electrons. The summed E-state index contributed by atoms with van der Waals surface area (Å²) in [4.78, 5) is 12.3. The van der Waals surface area contributed by atoms with Gasteiger partial charge < -0.3 is 9.47 Å². The van der Waals surface area contributed by atoms with E-state index < -0.39 is 16.0 Å². The average molecular weight is 363 g/mol. The average Bonchev–Trinajstić information content (AvgIpc) is 2.59. The van der Waals surface area contributed by atoms with Gasteiger partial charge in [0.25, 0.3) is 0 Å². The lowest BCUT2D eigenvalue weighted by Gasteiger charge is -2.13. The van der Waals surface area contributed by atoms with Gasteiger partial charge in [-0.3, -0.25) is 0 Å². The smallest absolute Gasteiger partial charge is 0.338 e. The Morgan fingerprint density at radius 1 is 1.04 bits per heavy atom. The van der Waals surface area contributed by atoms with Crippen molar-refractivity contribution < 1.29 is 22.7 Å². The zero-order valence-corrected chi connectivity index (χ0v) is 15.2. The van der Waals surface area contributed by atoms with Crippen molar-refractivity contribution in [3.05, 3.63) is 59.7 Å². The Morgan fingerprint density at radius 3 is 2.36 bits per heavy atom. The number of ether oxygens (including phenoxy) is 2. The van der Waals surface area contributed by atoms with Crippen LogP contribution in [-0.2, 0) is 14.8 Å². The first-order valence-electron chi connectivity index (χ1n) is 7.70. The molecule has 6 nitrogen and oxygen atoms in total. The van der Waals surface area contributed by atoms with Gasteiger partial charge in [-0.25, -0.2) is 17.5 Å². The molecule has 0 N–H and O–H groups in total. The number of benzene rings is 2.